The van der Waals surface area contributed by atoms with Gasteiger partial charge in [-0.05, 0) is 24.1 Å². The maximum Gasteiger partial charge on any atom is 0.140 e. The predicted molar refractivity (Wildman–Crippen MR) is 64.5 cm³/mol. The van der Waals surface area contributed by atoms with Crippen molar-refractivity contribution in [2.45, 2.75) is 19.3 Å². The molecule has 2 aromatic rings. The molecule has 2 aromatic heterocycles. The third-order valence-corrected chi connectivity index (χ3v) is 2.72. The fourth-order valence-electron chi connectivity index (χ4n) is 1.66. The molecule has 2 rings (SSSR count). The number of rotatable bonds is 5. The highest BCUT2D eigenvalue weighted by Crippen LogP contribution is 2.04. The van der Waals surface area contributed by atoms with Crippen LogP contribution in [-0.4, -0.2) is 20.3 Å². The number of aryl methyl sites for hydroxylation is 2. The number of Topliss-reactive ketones (excluding diaryl/α,β-unsaturated/α-hetero) is 1. The number of hydrogen-bond acceptors (Lipinski definition) is 3. The smallest absolute Gasteiger partial charge is 0.140 e. The van der Waals surface area contributed by atoms with Gasteiger partial charge in [-0.15, -0.1) is 0 Å². The lowest BCUT2D eigenvalue weighted by molar-refractivity contribution is -0.118. The molecule has 0 aliphatic rings. The van der Waals surface area contributed by atoms with E-state index in [1.165, 1.54) is 0 Å². The van der Waals surface area contributed by atoms with Gasteiger partial charge in [0.15, 0.2) is 0 Å². The Morgan fingerprint density at radius 2 is 2.06 bits per heavy atom. The average molecular weight is 229 g/mol. The molecule has 0 aromatic carbocycles. The topological polar surface area (TPSA) is 47.8 Å². The average Bonchev–Trinajstić information content (AvgIpc) is 2.74. The molecule has 88 valence electrons. The fourth-order valence-corrected chi connectivity index (χ4v) is 1.66. The van der Waals surface area contributed by atoms with Crippen LogP contribution >= 0.6 is 0 Å². The minimum absolute atomic E-state index is 0.219. The third kappa shape index (κ3) is 3.24. The van der Waals surface area contributed by atoms with Crippen molar-refractivity contribution in [3.8, 4) is 0 Å². The summed E-state index contributed by atoms with van der Waals surface area (Å²) in [6.07, 6.45) is 8.80. The molecule has 0 aliphatic carbocycles. The molecule has 0 amide bonds. The number of hydrogen-bond donors (Lipinski definition) is 0. The van der Waals surface area contributed by atoms with Crippen LogP contribution in [0.5, 0.6) is 0 Å². The van der Waals surface area contributed by atoms with Crippen LogP contribution in [0, 0.1) is 0 Å². The molecule has 0 bridgehead atoms. The summed E-state index contributed by atoms with van der Waals surface area (Å²) in [7, 11) is 1.90. The van der Waals surface area contributed by atoms with Crippen LogP contribution in [0.25, 0.3) is 0 Å². The Hall–Kier alpha value is -1.97. The Kier molecular flexibility index (Phi) is 3.65. The normalized spacial score (nSPS) is 10.4. The van der Waals surface area contributed by atoms with Crippen LogP contribution < -0.4 is 0 Å². The van der Waals surface area contributed by atoms with Crippen LogP contribution in [0.1, 0.15) is 17.8 Å². The minimum Gasteiger partial charge on any atom is -0.338 e. The molecule has 0 unspecified atom stereocenters. The van der Waals surface area contributed by atoms with Gasteiger partial charge in [0.25, 0.3) is 0 Å². The van der Waals surface area contributed by atoms with Gasteiger partial charge < -0.3 is 4.57 Å². The van der Waals surface area contributed by atoms with Gasteiger partial charge >= 0.3 is 0 Å². The van der Waals surface area contributed by atoms with Crippen molar-refractivity contribution in [1.82, 2.24) is 14.5 Å². The quantitative estimate of drug-likeness (QED) is 0.781. The van der Waals surface area contributed by atoms with Crippen molar-refractivity contribution in [3.05, 3.63) is 48.3 Å². The van der Waals surface area contributed by atoms with Crippen LogP contribution in [0.3, 0.4) is 0 Å². The second-order valence-electron chi connectivity index (χ2n) is 4.03. The van der Waals surface area contributed by atoms with E-state index >= 15 is 0 Å². The van der Waals surface area contributed by atoms with Gasteiger partial charge in [-0.2, -0.15) is 0 Å². The molecule has 0 saturated heterocycles. The van der Waals surface area contributed by atoms with Gasteiger partial charge in [0.05, 0.1) is 6.42 Å². The highest BCUT2D eigenvalue weighted by molar-refractivity contribution is 5.80. The summed E-state index contributed by atoms with van der Waals surface area (Å²) in [6.45, 7) is 0. The lowest BCUT2D eigenvalue weighted by Gasteiger charge is -2.02. The second-order valence-corrected chi connectivity index (χ2v) is 4.03. The first-order valence-electron chi connectivity index (χ1n) is 5.62. The number of aromatic nitrogens is 3. The lowest BCUT2D eigenvalue weighted by Crippen LogP contribution is -2.08. The van der Waals surface area contributed by atoms with E-state index in [-0.39, 0.29) is 5.78 Å². The molecule has 17 heavy (non-hydrogen) atoms. The Balaban J connectivity index is 1.85. The first-order chi connectivity index (χ1) is 8.25. The van der Waals surface area contributed by atoms with Crippen molar-refractivity contribution >= 4 is 5.78 Å². The van der Waals surface area contributed by atoms with Crippen molar-refractivity contribution in [2.24, 2.45) is 7.05 Å². The van der Waals surface area contributed by atoms with Crippen LogP contribution in [0.15, 0.2) is 36.9 Å². The van der Waals surface area contributed by atoms with Crippen molar-refractivity contribution in [3.63, 3.8) is 0 Å². The van der Waals surface area contributed by atoms with Gasteiger partial charge in [-0.3, -0.25) is 9.78 Å². The zero-order chi connectivity index (χ0) is 12.1. The highest BCUT2D eigenvalue weighted by atomic mass is 16.1. The SMILES string of the molecule is Cn1ccnc1CC(=O)CCc1ccncc1. The molecular weight excluding hydrogens is 214 g/mol. The Labute approximate surface area is 100 Å². The van der Waals surface area contributed by atoms with E-state index in [0.29, 0.717) is 12.8 Å². The largest absolute Gasteiger partial charge is 0.338 e. The summed E-state index contributed by atoms with van der Waals surface area (Å²) in [4.78, 5) is 19.9. The lowest BCUT2D eigenvalue weighted by atomic mass is 10.1. The molecule has 0 saturated carbocycles. The van der Waals surface area contributed by atoms with E-state index < -0.39 is 0 Å². The predicted octanol–water partition coefficient (Wildman–Crippen LogP) is 1.56. The molecule has 0 spiro atoms. The van der Waals surface area contributed by atoms with Crippen LogP contribution in [-0.2, 0) is 24.7 Å². The van der Waals surface area contributed by atoms with E-state index in [4.69, 9.17) is 0 Å². The van der Waals surface area contributed by atoms with Crippen LogP contribution in [0.2, 0.25) is 0 Å². The maximum absolute atomic E-state index is 11.8. The first kappa shape index (κ1) is 11.5. The summed E-state index contributed by atoms with van der Waals surface area (Å²) in [5, 5.41) is 0. The molecular formula is C13H15N3O. The Bertz CT molecular complexity index is 490. The number of imidazole rings is 1. The number of carbonyl (C=O) groups is 1. The van der Waals surface area contributed by atoms with E-state index in [2.05, 4.69) is 9.97 Å². The molecule has 4 nitrogen and oxygen atoms in total. The highest BCUT2D eigenvalue weighted by Gasteiger charge is 2.07. The van der Waals surface area contributed by atoms with Gasteiger partial charge in [-0.1, -0.05) is 0 Å². The summed E-state index contributed by atoms with van der Waals surface area (Å²) in [5.41, 5.74) is 1.15. The van der Waals surface area contributed by atoms with E-state index in [1.807, 2.05) is 29.9 Å². The van der Waals surface area contributed by atoms with E-state index in [1.54, 1.807) is 18.6 Å². The Morgan fingerprint density at radius 3 is 2.71 bits per heavy atom. The first-order valence-corrected chi connectivity index (χ1v) is 5.62. The van der Waals surface area contributed by atoms with E-state index in [9.17, 15) is 4.79 Å². The molecule has 2 heterocycles. The molecule has 0 fully saturated rings. The zero-order valence-corrected chi connectivity index (χ0v) is 9.84. The van der Waals surface area contributed by atoms with Gasteiger partial charge in [0.1, 0.15) is 11.6 Å². The summed E-state index contributed by atoms with van der Waals surface area (Å²) in [5.74, 6) is 1.04. The fraction of sp³-hybridized carbons (Fsp3) is 0.308. The van der Waals surface area contributed by atoms with Gasteiger partial charge in [0, 0.05) is 38.3 Å². The summed E-state index contributed by atoms with van der Waals surface area (Å²) < 4.78 is 1.88. The third-order valence-electron chi connectivity index (χ3n) is 2.72. The van der Waals surface area contributed by atoms with Crippen molar-refractivity contribution in [1.29, 1.82) is 0 Å². The molecule has 0 atom stereocenters. The standard InChI is InChI=1S/C13H15N3O/c1-16-9-8-15-13(16)10-12(17)3-2-11-4-6-14-7-5-11/h4-9H,2-3,10H2,1H3. The van der Waals surface area contributed by atoms with E-state index in [0.717, 1.165) is 17.8 Å². The monoisotopic (exact) mass is 229 g/mol. The Morgan fingerprint density at radius 1 is 1.29 bits per heavy atom. The molecule has 0 aliphatic heterocycles. The molecule has 4 heteroatoms. The van der Waals surface area contributed by atoms with Crippen molar-refractivity contribution < 1.29 is 4.79 Å². The molecule has 0 radical (unpaired) electrons. The number of ketones is 1. The second kappa shape index (κ2) is 5.39. The van der Waals surface area contributed by atoms with Gasteiger partial charge in [0.2, 0.25) is 0 Å². The summed E-state index contributed by atoms with van der Waals surface area (Å²) >= 11 is 0. The van der Waals surface area contributed by atoms with Gasteiger partial charge in [-0.25, -0.2) is 4.98 Å². The minimum atomic E-state index is 0.219. The molecule has 0 N–H and O–H groups in total. The maximum atomic E-state index is 11.8. The van der Waals surface area contributed by atoms with Crippen LogP contribution in [0.4, 0.5) is 0 Å². The van der Waals surface area contributed by atoms with Crippen molar-refractivity contribution in [2.75, 3.05) is 0 Å². The zero-order valence-electron chi connectivity index (χ0n) is 9.84. The number of pyridine rings is 1. The number of nitrogens with zero attached hydrogens (tertiary/aromatic N) is 3. The number of carbonyl (C=O) groups excluding carboxylic acids is 1. The summed E-state index contributed by atoms with van der Waals surface area (Å²) in [6, 6.07) is 3.88.